The van der Waals surface area contributed by atoms with Gasteiger partial charge in [0.15, 0.2) is 0 Å². The predicted molar refractivity (Wildman–Crippen MR) is 99.8 cm³/mol. The fraction of sp³-hybridized carbons (Fsp3) is 0.684. The van der Waals surface area contributed by atoms with Gasteiger partial charge in [0, 0.05) is 50.7 Å². The third-order valence-corrected chi connectivity index (χ3v) is 6.95. The Kier molecular flexibility index (Phi) is 5.28. The first-order valence-corrected chi connectivity index (χ1v) is 10.3. The maximum Gasteiger partial charge on any atom is 0.230 e. The molecule has 1 atom stereocenters. The van der Waals surface area contributed by atoms with Crippen molar-refractivity contribution in [1.82, 2.24) is 14.7 Å². The van der Waals surface area contributed by atoms with Crippen LogP contribution in [0, 0.1) is 16.7 Å². The molecule has 140 valence electrons. The lowest BCUT2D eigenvalue weighted by Crippen LogP contribution is -2.43. The van der Waals surface area contributed by atoms with Crippen molar-refractivity contribution in [2.75, 3.05) is 59.0 Å². The maximum absolute atomic E-state index is 13.1. The monoisotopic (exact) mass is 374 g/mol. The number of hydrogen-bond acceptors (Lipinski definition) is 6. The van der Waals surface area contributed by atoms with Crippen LogP contribution in [-0.2, 0) is 16.1 Å². The van der Waals surface area contributed by atoms with Crippen molar-refractivity contribution in [3.63, 3.8) is 0 Å². The van der Waals surface area contributed by atoms with Crippen molar-refractivity contribution >= 4 is 17.2 Å². The Morgan fingerprint density at radius 3 is 2.69 bits per heavy atom. The molecule has 0 bridgehead atoms. The summed E-state index contributed by atoms with van der Waals surface area (Å²) in [5, 5.41) is 8.97. The van der Waals surface area contributed by atoms with Crippen molar-refractivity contribution in [1.29, 1.82) is 5.26 Å². The van der Waals surface area contributed by atoms with Crippen molar-refractivity contribution in [2.24, 2.45) is 5.41 Å². The highest BCUT2D eigenvalue weighted by atomic mass is 32.1. The summed E-state index contributed by atoms with van der Waals surface area (Å²) < 4.78 is 5.39. The molecule has 7 heteroatoms. The molecule has 3 aliphatic rings. The highest BCUT2D eigenvalue weighted by Crippen LogP contribution is 2.41. The quantitative estimate of drug-likeness (QED) is 0.779. The van der Waals surface area contributed by atoms with Gasteiger partial charge in [-0.15, -0.1) is 11.3 Å². The number of amides is 1. The fourth-order valence-electron chi connectivity index (χ4n) is 4.41. The van der Waals surface area contributed by atoms with Gasteiger partial charge in [-0.05, 0) is 31.5 Å². The number of ether oxygens (including phenoxy) is 1. The fourth-order valence-corrected chi connectivity index (χ4v) is 5.26. The highest BCUT2D eigenvalue weighted by molar-refractivity contribution is 7.12. The lowest BCUT2D eigenvalue weighted by molar-refractivity contribution is -0.135. The summed E-state index contributed by atoms with van der Waals surface area (Å²) in [6.07, 6.45) is 1.95. The molecule has 6 nitrogen and oxygen atoms in total. The molecule has 3 saturated heterocycles. The van der Waals surface area contributed by atoms with E-state index in [4.69, 9.17) is 10.00 Å². The Bertz CT molecular complexity index is 694. The first kappa shape index (κ1) is 17.9. The Hall–Kier alpha value is -1.46. The van der Waals surface area contributed by atoms with E-state index >= 15 is 0 Å². The molecule has 0 radical (unpaired) electrons. The Morgan fingerprint density at radius 1 is 1.12 bits per heavy atom. The zero-order valence-electron chi connectivity index (χ0n) is 15.2. The molecular weight excluding hydrogens is 348 g/mol. The molecule has 3 fully saturated rings. The SMILES string of the molecule is N#Cc1ccc(CN2CCC3(CCN(CCN4CCOCC4)C3=O)C2)s1. The maximum atomic E-state index is 13.1. The third-order valence-electron chi connectivity index (χ3n) is 5.98. The summed E-state index contributed by atoms with van der Waals surface area (Å²) in [7, 11) is 0. The van der Waals surface area contributed by atoms with Crippen LogP contribution in [-0.4, -0.2) is 79.6 Å². The Labute approximate surface area is 158 Å². The van der Waals surface area contributed by atoms with Crippen LogP contribution in [0.2, 0.25) is 0 Å². The van der Waals surface area contributed by atoms with E-state index in [2.05, 4.69) is 20.8 Å². The number of morpholine rings is 1. The van der Waals surface area contributed by atoms with Crippen molar-refractivity contribution in [3.8, 4) is 6.07 Å². The summed E-state index contributed by atoms with van der Waals surface area (Å²) >= 11 is 1.56. The lowest BCUT2D eigenvalue weighted by Gasteiger charge is -2.29. The minimum absolute atomic E-state index is 0.166. The summed E-state index contributed by atoms with van der Waals surface area (Å²) in [5.41, 5.74) is -0.166. The van der Waals surface area contributed by atoms with Gasteiger partial charge in [0.25, 0.3) is 0 Å². The second kappa shape index (κ2) is 7.65. The molecule has 1 amide bonds. The number of carbonyl (C=O) groups excluding carboxylic acids is 1. The van der Waals surface area contributed by atoms with E-state index in [1.165, 1.54) is 4.88 Å². The number of likely N-dealkylation sites (tertiary alicyclic amines) is 2. The zero-order valence-corrected chi connectivity index (χ0v) is 16.0. The molecule has 1 spiro atoms. The molecule has 26 heavy (non-hydrogen) atoms. The van der Waals surface area contributed by atoms with Crippen molar-refractivity contribution in [2.45, 2.75) is 19.4 Å². The Morgan fingerprint density at radius 2 is 1.92 bits per heavy atom. The van der Waals surface area contributed by atoms with Crippen LogP contribution < -0.4 is 0 Å². The van der Waals surface area contributed by atoms with Gasteiger partial charge < -0.3 is 9.64 Å². The van der Waals surface area contributed by atoms with Crippen LogP contribution >= 0.6 is 11.3 Å². The normalized spacial score (nSPS) is 27.5. The average Bonchev–Trinajstić information content (AvgIpc) is 3.37. The third kappa shape index (κ3) is 3.65. The van der Waals surface area contributed by atoms with Crippen LogP contribution in [0.15, 0.2) is 12.1 Å². The number of nitrogens with zero attached hydrogens (tertiary/aromatic N) is 4. The van der Waals surface area contributed by atoms with Crippen LogP contribution in [0.1, 0.15) is 22.6 Å². The van der Waals surface area contributed by atoms with E-state index in [-0.39, 0.29) is 5.41 Å². The minimum atomic E-state index is -0.166. The summed E-state index contributed by atoms with van der Waals surface area (Å²) in [6.45, 7) is 8.97. The van der Waals surface area contributed by atoms with Gasteiger partial charge >= 0.3 is 0 Å². The van der Waals surface area contributed by atoms with Crippen LogP contribution in [0.4, 0.5) is 0 Å². The second-order valence-corrected chi connectivity index (χ2v) is 8.78. The van der Waals surface area contributed by atoms with E-state index < -0.39 is 0 Å². The van der Waals surface area contributed by atoms with Crippen LogP contribution in [0.3, 0.4) is 0 Å². The largest absolute Gasteiger partial charge is 0.379 e. The second-order valence-electron chi connectivity index (χ2n) is 7.61. The van der Waals surface area contributed by atoms with Gasteiger partial charge in [0.1, 0.15) is 10.9 Å². The number of nitriles is 1. The average molecular weight is 375 g/mol. The number of carbonyl (C=O) groups is 1. The van der Waals surface area contributed by atoms with Gasteiger partial charge in [-0.1, -0.05) is 0 Å². The molecule has 4 rings (SSSR count). The first-order chi connectivity index (χ1) is 12.7. The highest BCUT2D eigenvalue weighted by Gasteiger charge is 2.50. The van der Waals surface area contributed by atoms with Crippen molar-refractivity contribution < 1.29 is 9.53 Å². The standard InChI is InChI=1S/C19H26N4O2S/c20-13-16-1-2-17(26-16)14-22-5-3-19(15-22)4-6-23(18(19)24)8-7-21-9-11-25-12-10-21/h1-2H,3-12,14-15H2. The van der Waals surface area contributed by atoms with Gasteiger partial charge in [0.05, 0.1) is 18.6 Å². The van der Waals surface area contributed by atoms with Gasteiger partial charge in [-0.25, -0.2) is 0 Å². The number of thiophene rings is 1. The minimum Gasteiger partial charge on any atom is -0.379 e. The van der Waals surface area contributed by atoms with Crippen molar-refractivity contribution in [3.05, 3.63) is 21.9 Å². The summed E-state index contributed by atoms with van der Waals surface area (Å²) in [4.78, 5) is 21.9. The smallest absolute Gasteiger partial charge is 0.230 e. The van der Waals surface area contributed by atoms with Gasteiger partial charge in [-0.2, -0.15) is 5.26 Å². The number of rotatable bonds is 5. The predicted octanol–water partition coefficient (Wildman–Crippen LogP) is 1.38. The molecule has 0 saturated carbocycles. The topological polar surface area (TPSA) is 59.8 Å². The molecule has 0 aromatic carbocycles. The van der Waals surface area contributed by atoms with E-state index in [9.17, 15) is 4.79 Å². The van der Waals surface area contributed by atoms with E-state index in [1.54, 1.807) is 11.3 Å². The summed E-state index contributed by atoms with van der Waals surface area (Å²) in [6, 6.07) is 6.13. The van der Waals surface area contributed by atoms with Gasteiger partial charge in [-0.3, -0.25) is 14.6 Å². The lowest BCUT2D eigenvalue weighted by atomic mass is 9.85. The molecular formula is C19H26N4O2S. The van der Waals surface area contributed by atoms with Gasteiger partial charge in [0.2, 0.25) is 5.91 Å². The van der Waals surface area contributed by atoms with E-state index in [0.717, 1.165) is 83.3 Å². The zero-order chi connectivity index (χ0) is 18.0. The molecule has 1 aromatic rings. The summed E-state index contributed by atoms with van der Waals surface area (Å²) in [5.74, 6) is 0.358. The first-order valence-electron chi connectivity index (χ1n) is 9.49. The number of hydrogen-bond donors (Lipinski definition) is 0. The van der Waals surface area contributed by atoms with E-state index in [0.29, 0.717) is 5.91 Å². The molecule has 4 heterocycles. The molecule has 3 aliphatic heterocycles. The molecule has 0 aliphatic carbocycles. The molecule has 1 unspecified atom stereocenters. The van der Waals surface area contributed by atoms with E-state index in [1.807, 2.05) is 12.1 Å². The van der Waals surface area contributed by atoms with Crippen LogP contribution in [0.5, 0.6) is 0 Å². The Balaban J connectivity index is 1.30. The molecule has 0 N–H and O–H groups in total. The van der Waals surface area contributed by atoms with Crippen LogP contribution in [0.25, 0.3) is 0 Å². The molecule has 1 aromatic heterocycles.